The second-order valence-corrected chi connectivity index (χ2v) is 4.35. The lowest BCUT2D eigenvalue weighted by molar-refractivity contribution is -0.384. The normalized spacial score (nSPS) is 10.2. The fourth-order valence-electron chi connectivity index (χ4n) is 1.94. The Morgan fingerprint density at radius 1 is 1.21 bits per heavy atom. The van der Waals surface area contributed by atoms with Gasteiger partial charge in [0.25, 0.3) is 5.69 Å². The lowest BCUT2D eigenvalue weighted by Crippen LogP contribution is -2.17. The highest BCUT2D eigenvalue weighted by molar-refractivity contribution is 5.68. The summed E-state index contributed by atoms with van der Waals surface area (Å²) in [6.45, 7) is 0.588. The highest BCUT2D eigenvalue weighted by Crippen LogP contribution is 2.30. The number of hydrogen-bond acceptors (Lipinski definition) is 4. The second kappa shape index (κ2) is 5.39. The number of nitrogens with zero attached hydrogens (tertiary/aromatic N) is 2. The molecule has 5 nitrogen and oxygen atoms in total. The van der Waals surface area contributed by atoms with Crippen LogP contribution in [0.15, 0.2) is 48.5 Å². The van der Waals surface area contributed by atoms with Gasteiger partial charge in [-0.2, -0.15) is 0 Å². The number of nitro groups is 1. The molecule has 0 bridgehead atoms. The van der Waals surface area contributed by atoms with E-state index in [2.05, 4.69) is 0 Å². The van der Waals surface area contributed by atoms with Crippen LogP contribution in [0, 0.1) is 10.1 Å². The van der Waals surface area contributed by atoms with Crippen molar-refractivity contribution in [2.75, 3.05) is 17.7 Å². The van der Waals surface area contributed by atoms with E-state index in [4.69, 9.17) is 5.73 Å². The Hall–Kier alpha value is -2.56. The SMILES string of the molecule is CN(Cc1ccccc1)c1cc(N)ccc1[N+](=O)[O-]. The van der Waals surface area contributed by atoms with E-state index in [0.717, 1.165) is 5.56 Å². The van der Waals surface area contributed by atoms with E-state index in [9.17, 15) is 10.1 Å². The van der Waals surface area contributed by atoms with Crippen molar-refractivity contribution in [3.63, 3.8) is 0 Å². The van der Waals surface area contributed by atoms with Crippen LogP contribution >= 0.6 is 0 Å². The third-order valence-electron chi connectivity index (χ3n) is 2.87. The van der Waals surface area contributed by atoms with Gasteiger partial charge in [-0.3, -0.25) is 10.1 Å². The maximum Gasteiger partial charge on any atom is 0.292 e. The van der Waals surface area contributed by atoms with Crippen LogP contribution < -0.4 is 10.6 Å². The maximum absolute atomic E-state index is 11.0. The number of benzene rings is 2. The lowest BCUT2D eigenvalue weighted by atomic mass is 10.2. The molecule has 2 rings (SSSR count). The van der Waals surface area contributed by atoms with Crippen LogP contribution in [0.2, 0.25) is 0 Å². The van der Waals surface area contributed by atoms with Crippen molar-refractivity contribution in [2.24, 2.45) is 0 Å². The van der Waals surface area contributed by atoms with E-state index in [1.165, 1.54) is 12.1 Å². The minimum Gasteiger partial charge on any atom is -0.399 e. The van der Waals surface area contributed by atoms with Gasteiger partial charge in [-0.05, 0) is 17.7 Å². The van der Waals surface area contributed by atoms with Gasteiger partial charge in [0, 0.05) is 25.3 Å². The minimum atomic E-state index is -0.393. The van der Waals surface area contributed by atoms with Gasteiger partial charge in [0.2, 0.25) is 0 Å². The molecule has 98 valence electrons. The van der Waals surface area contributed by atoms with E-state index in [1.807, 2.05) is 42.3 Å². The molecule has 0 aliphatic heterocycles. The summed E-state index contributed by atoms with van der Waals surface area (Å²) in [6.07, 6.45) is 0. The van der Waals surface area contributed by atoms with E-state index < -0.39 is 4.92 Å². The van der Waals surface area contributed by atoms with Crippen LogP contribution in [0.5, 0.6) is 0 Å². The lowest BCUT2D eigenvalue weighted by Gasteiger charge is -2.19. The molecule has 19 heavy (non-hydrogen) atoms. The predicted molar refractivity (Wildman–Crippen MR) is 76.1 cm³/mol. The van der Waals surface area contributed by atoms with Gasteiger partial charge in [0.15, 0.2) is 0 Å². The fourth-order valence-corrected chi connectivity index (χ4v) is 1.94. The highest BCUT2D eigenvalue weighted by Gasteiger charge is 2.17. The summed E-state index contributed by atoms with van der Waals surface area (Å²) >= 11 is 0. The van der Waals surface area contributed by atoms with Gasteiger partial charge in [0.05, 0.1) is 4.92 Å². The standard InChI is InChI=1S/C14H15N3O2/c1-16(10-11-5-3-2-4-6-11)14-9-12(15)7-8-13(14)17(18)19/h2-9H,10,15H2,1H3. The average molecular weight is 257 g/mol. The summed E-state index contributed by atoms with van der Waals surface area (Å²) in [5.41, 5.74) is 7.89. The Balaban J connectivity index is 2.30. The van der Waals surface area contributed by atoms with Crippen LogP contribution in [0.3, 0.4) is 0 Å². The first-order valence-electron chi connectivity index (χ1n) is 5.87. The molecule has 0 atom stereocenters. The summed E-state index contributed by atoms with van der Waals surface area (Å²) in [5, 5.41) is 11.0. The highest BCUT2D eigenvalue weighted by atomic mass is 16.6. The molecule has 0 aliphatic rings. The minimum absolute atomic E-state index is 0.0626. The van der Waals surface area contributed by atoms with Crippen molar-refractivity contribution in [3.05, 3.63) is 64.2 Å². The van der Waals surface area contributed by atoms with Gasteiger partial charge >= 0.3 is 0 Å². The average Bonchev–Trinajstić information content (AvgIpc) is 2.39. The molecule has 0 fully saturated rings. The van der Waals surface area contributed by atoms with Crippen LogP contribution in [0.4, 0.5) is 17.1 Å². The summed E-state index contributed by atoms with van der Waals surface area (Å²) in [7, 11) is 1.81. The molecule has 0 aliphatic carbocycles. The quantitative estimate of drug-likeness (QED) is 0.519. The van der Waals surface area contributed by atoms with Crippen molar-refractivity contribution in [2.45, 2.75) is 6.54 Å². The molecule has 2 N–H and O–H groups in total. The van der Waals surface area contributed by atoms with E-state index in [-0.39, 0.29) is 5.69 Å². The van der Waals surface area contributed by atoms with Crippen molar-refractivity contribution < 1.29 is 4.92 Å². The molecule has 0 spiro atoms. The first-order valence-corrected chi connectivity index (χ1v) is 5.87. The zero-order valence-electron chi connectivity index (χ0n) is 10.6. The van der Waals surface area contributed by atoms with Gasteiger partial charge < -0.3 is 10.6 Å². The number of anilines is 2. The molecule has 0 aromatic heterocycles. The summed E-state index contributed by atoms with van der Waals surface area (Å²) in [5.74, 6) is 0. The van der Waals surface area contributed by atoms with Crippen LogP contribution in [-0.2, 0) is 6.54 Å². The molecule has 0 radical (unpaired) electrons. The van der Waals surface area contributed by atoms with Gasteiger partial charge in [-0.15, -0.1) is 0 Å². The number of rotatable bonds is 4. The van der Waals surface area contributed by atoms with E-state index in [1.54, 1.807) is 6.07 Å². The number of nitrogens with two attached hydrogens (primary N) is 1. The monoisotopic (exact) mass is 257 g/mol. The first kappa shape index (κ1) is 12.9. The maximum atomic E-state index is 11.0. The molecular formula is C14H15N3O2. The second-order valence-electron chi connectivity index (χ2n) is 4.35. The molecule has 2 aromatic carbocycles. The number of hydrogen-bond donors (Lipinski definition) is 1. The van der Waals surface area contributed by atoms with Crippen LogP contribution in [-0.4, -0.2) is 12.0 Å². The predicted octanol–water partition coefficient (Wildman–Crippen LogP) is 2.81. The van der Waals surface area contributed by atoms with Crippen molar-refractivity contribution in [1.29, 1.82) is 0 Å². The number of nitrogen functional groups attached to an aromatic ring is 1. The zero-order valence-corrected chi connectivity index (χ0v) is 10.6. The summed E-state index contributed by atoms with van der Waals surface area (Å²) in [6, 6.07) is 14.4. The first-order chi connectivity index (χ1) is 9.08. The molecule has 5 heteroatoms. The van der Waals surface area contributed by atoms with Crippen LogP contribution in [0.1, 0.15) is 5.56 Å². The van der Waals surface area contributed by atoms with E-state index in [0.29, 0.717) is 17.9 Å². The Labute approximate surface area is 111 Å². The van der Waals surface area contributed by atoms with Gasteiger partial charge in [-0.1, -0.05) is 30.3 Å². The topological polar surface area (TPSA) is 72.4 Å². The van der Waals surface area contributed by atoms with Gasteiger partial charge in [0.1, 0.15) is 5.69 Å². The molecule has 0 amide bonds. The van der Waals surface area contributed by atoms with Crippen LogP contribution in [0.25, 0.3) is 0 Å². The third-order valence-corrected chi connectivity index (χ3v) is 2.87. The van der Waals surface area contributed by atoms with Crippen molar-refractivity contribution >= 4 is 17.1 Å². The molecule has 0 saturated heterocycles. The van der Waals surface area contributed by atoms with Gasteiger partial charge in [-0.25, -0.2) is 0 Å². The largest absolute Gasteiger partial charge is 0.399 e. The molecular weight excluding hydrogens is 242 g/mol. The summed E-state index contributed by atoms with van der Waals surface area (Å²) < 4.78 is 0. The molecule has 0 unspecified atom stereocenters. The number of nitro benzene ring substituents is 1. The Morgan fingerprint density at radius 3 is 2.53 bits per heavy atom. The summed E-state index contributed by atoms with van der Waals surface area (Å²) in [4.78, 5) is 12.5. The Bertz CT molecular complexity index is 584. The fraction of sp³-hybridized carbons (Fsp3) is 0.143. The Kier molecular flexibility index (Phi) is 3.66. The van der Waals surface area contributed by atoms with E-state index >= 15 is 0 Å². The smallest absolute Gasteiger partial charge is 0.292 e. The molecule has 2 aromatic rings. The zero-order chi connectivity index (χ0) is 13.8. The molecule has 0 saturated carbocycles. The molecule has 0 heterocycles. The van der Waals surface area contributed by atoms with Crippen molar-refractivity contribution in [3.8, 4) is 0 Å². The van der Waals surface area contributed by atoms with Crippen molar-refractivity contribution in [1.82, 2.24) is 0 Å². The Morgan fingerprint density at radius 2 is 1.89 bits per heavy atom. The third kappa shape index (κ3) is 3.01.